The fourth-order valence-electron chi connectivity index (χ4n) is 6.75. The van der Waals surface area contributed by atoms with Gasteiger partial charge in [-0.15, -0.1) is 0 Å². The summed E-state index contributed by atoms with van der Waals surface area (Å²) in [6, 6.07) is 14.7. The van der Waals surface area contributed by atoms with Gasteiger partial charge in [-0.3, -0.25) is 19.2 Å². The van der Waals surface area contributed by atoms with Gasteiger partial charge < -0.3 is 20.4 Å². The van der Waals surface area contributed by atoms with Crippen LogP contribution in [0.15, 0.2) is 48.5 Å². The summed E-state index contributed by atoms with van der Waals surface area (Å²) in [5.74, 6) is -0.137. The van der Waals surface area contributed by atoms with E-state index in [0.717, 1.165) is 63.5 Å². The maximum Gasteiger partial charge on any atom is 0.253 e. The van der Waals surface area contributed by atoms with Crippen LogP contribution in [0.4, 0.5) is 11.4 Å². The van der Waals surface area contributed by atoms with Gasteiger partial charge in [0, 0.05) is 49.0 Å². The molecule has 0 aromatic heterocycles. The Hall–Kier alpha value is -3.68. The molecule has 224 valence electrons. The molecule has 1 atom stereocenters. The molecule has 2 aromatic carbocycles. The van der Waals surface area contributed by atoms with Crippen molar-refractivity contribution in [1.29, 1.82) is 0 Å². The lowest BCUT2D eigenvalue weighted by molar-refractivity contribution is -0.139. The molecule has 0 spiro atoms. The number of amides is 4. The van der Waals surface area contributed by atoms with Crippen LogP contribution in [-0.2, 0) is 20.8 Å². The first-order valence-electron chi connectivity index (χ1n) is 15.7. The van der Waals surface area contributed by atoms with E-state index in [1.54, 1.807) is 24.3 Å². The van der Waals surface area contributed by atoms with Gasteiger partial charge in [0.15, 0.2) is 0 Å². The van der Waals surface area contributed by atoms with Crippen molar-refractivity contribution in [2.24, 2.45) is 11.8 Å². The molecular formula is C34H44N4O4. The third-order valence-corrected chi connectivity index (χ3v) is 9.23. The zero-order valence-electron chi connectivity index (χ0n) is 24.8. The van der Waals surface area contributed by atoms with E-state index < -0.39 is 0 Å². The van der Waals surface area contributed by atoms with Crippen LogP contribution < -0.4 is 10.6 Å². The van der Waals surface area contributed by atoms with Crippen molar-refractivity contribution >= 4 is 35.0 Å². The molecule has 0 radical (unpaired) electrons. The highest BCUT2D eigenvalue weighted by Gasteiger charge is 2.32. The molecule has 2 saturated carbocycles. The lowest BCUT2D eigenvalue weighted by atomic mass is 9.87. The SMILES string of the molecule is CN(C(=O)c1ccc(NC(=O)Cc2cccc(NC(=O)C3CCCN(C(=O)C4CCCCC4)C3)c2)cc1)C1CCCC1. The first kappa shape index (κ1) is 29.8. The van der Waals surface area contributed by atoms with Crippen LogP contribution in [0.5, 0.6) is 0 Å². The standard InChI is InChI=1S/C34H44N4O4/c1-37(30-14-5-6-15-30)33(41)26-16-18-28(19-17-26)35-31(39)22-24-9-7-13-29(21-24)36-32(40)27-12-8-20-38(23-27)34(42)25-10-3-2-4-11-25/h7,9,13,16-19,21,25,27,30H,2-6,8,10-12,14-15,20,22-23H2,1H3,(H,35,39)(H,36,40). The molecule has 2 aromatic rings. The number of benzene rings is 2. The average Bonchev–Trinajstić information content (AvgIpc) is 3.56. The van der Waals surface area contributed by atoms with Gasteiger partial charge in [-0.25, -0.2) is 0 Å². The van der Waals surface area contributed by atoms with Gasteiger partial charge in [-0.1, -0.05) is 44.2 Å². The number of rotatable bonds is 8. The number of anilines is 2. The van der Waals surface area contributed by atoms with Crippen molar-refractivity contribution in [3.8, 4) is 0 Å². The molecule has 8 nitrogen and oxygen atoms in total. The summed E-state index contributed by atoms with van der Waals surface area (Å²) in [4.78, 5) is 55.5. The Bertz CT molecular complexity index is 1260. The first-order chi connectivity index (χ1) is 20.4. The minimum Gasteiger partial charge on any atom is -0.342 e. The van der Waals surface area contributed by atoms with E-state index in [1.165, 1.54) is 19.3 Å². The van der Waals surface area contributed by atoms with Gasteiger partial charge in [0.05, 0.1) is 12.3 Å². The van der Waals surface area contributed by atoms with Crippen LogP contribution in [0.25, 0.3) is 0 Å². The molecule has 5 rings (SSSR count). The van der Waals surface area contributed by atoms with E-state index in [4.69, 9.17) is 0 Å². The van der Waals surface area contributed by atoms with Crippen molar-refractivity contribution in [2.45, 2.75) is 83.1 Å². The van der Waals surface area contributed by atoms with Gasteiger partial charge in [0.2, 0.25) is 17.7 Å². The Balaban J connectivity index is 1.11. The average molecular weight is 573 g/mol. The van der Waals surface area contributed by atoms with Crippen molar-refractivity contribution in [3.63, 3.8) is 0 Å². The molecule has 1 heterocycles. The highest BCUT2D eigenvalue weighted by Crippen LogP contribution is 2.28. The second-order valence-corrected chi connectivity index (χ2v) is 12.3. The number of nitrogens with one attached hydrogen (secondary N) is 2. The summed E-state index contributed by atoms with van der Waals surface area (Å²) in [5.41, 5.74) is 2.68. The van der Waals surface area contributed by atoms with Crippen LogP contribution in [0.2, 0.25) is 0 Å². The third-order valence-electron chi connectivity index (χ3n) is 9.23. The minimum atomic E-state index is -0.231. The smallest absolute Gasteiger partial charge is 0.253 e. The van der Waals surface area contributed by atoms with Crippen molar-refractivity contribution in [3.05, 3.63) is 59.7 Å². The van der Waals surface area contributed by atoms with Crippen LogP contribution in [0.3, 0.4) is 0 Å². The lowest BCUT2D eigenvalue weighted by Crippen LogP contribution is -2.46. The summed E-state index contributed by atoms with van der Waals surface area (Å²) >= 11 is 0. The van der Waals surface area contributed by atoms with Gasteiger partial charge >= 0.3 is 0 Å². The third kappa shape index (κ3) is 7.58. The molecule has 42 heavy (non-hydrogen) atoms. The first-order valence-corrected chi connectivity index (χ1v) is 15.7. The molecule has 3 fully saturated rings. The highest BCUT2D eigenvalue weighted by atomic mass is 16.2. The largest absolute Gasteiger partial charge is 0.342 e. The number of likely N-dealkylation sites (tertiary alicyclic amines) is 1. The number of hydrogen-bond acceptors (Lipinski definition) is 4. The normalized spacial score (nSPS) is 19.7. The summed E-state index contributed by atoms with van der Waals surface area (Å²) in [5, 5.41) is 5.92. The van der Waals surface area contributed by atoms with E-state index in [2.05, 4.69) is 10.6 Å². The second-order valence-electron chi connectivity index (χ2n) is 12.3. The Morgan fingerprint density at radius 2 is 1.48 bits per heavy atom. The Kier molecular flexibility index (Phi) is 9.93. The molecule has 4 amide bonds. The Morgan fingerprint density at radius 3 is 2.21 bits per heavy atom. The van der Waals surface area contributed by atoms with Gasteiger partial charge in [0.25, 0.3) is 5.91 Å². The van der Waals surface area contributed by atoms with Crippen LogP contribution in [0, 0.1) is 11.8 Å². The summed E-state index contributed by atoms with van der Waals surface area (Å²) in [6.07, 6.45) is 11.6. The molecule has 2 aliphatic carbocycles. The van der Waals surface area contributed by atoms with Gasteiger partial charge in [-0.2, -0.15) is 0 Å². The fraction of sp³-hybridized carbons (Fsp3) is 0.529. The Labute approximate surface area is 249 Å². The minimum absolute atomic E-state index is 0.00962. The fourth-order valence-corrected chi connectivity index (χ4v) is 6.75. The van der Waals surface area contributed by atoms with Crippen LogP contribution in [-0.4, -0.2) is 59.6 Å². The topological polar surface area (TPSA) is 98.8 Å². The van der Waals surface area contributed by atoms with Crippen LogP contribution in [0.1, 0.15) is 86.6 Å². The van der Waals surface area contributed by atoms with E-state index in [-0.39, 0.29) is 41.9 Å². The van der Waals surface area contributed by atoms with Gasteiger partial charge in [-0.05, 0) is 80.5 Å². The zero-order valence-corrected chi connectivity index (χ0v) is 24.8. The molecule has 1 unspecified atom stereocenters. The van der Waals surface area contributed by atoms with Crippen molar-refractivity contribution in [2.75, 3.05) is 30.8 Å². The number of carbonyl (C=O) groups excluding carboxylic acids is 4. The van der Waals surface area contributed by atoms with E-state index in [1.807, 2.05) is 41.1 Å². The molecule has 8 heteroatoms. The molecule has 0 bridgehead atoms. The number of nitrogens with zero attached hydrogens (tertiary/aromatic N) is 2. The highest BCUT2D eigenvalue weighted by molar-refractivity contribution is 5.97. The number of hydrogen-bond donors (Lipinski definition) is 2. The molecule has 1 aliphatic heterocycles. The van der Waals surface area contributed by atoms with Crippen molar-refractivity contribution < 1.29 is 19.2 Å². The van der Waals surface area contributed by atoms with E-state index >= 15 is 0 Å². The van der Waals surface area contributed by atoms with Gasteiger partial charge in [0.1, 0.15) is 0 Å². The van der Waals surface area contributed by atoms with E-state index in [0.29, 0.717) is 29.5 Å². The summed E-state index contributed by atoms with van der Waals surface area (Å²) < 4.78 is 0. The second kappa shape index (κ2) is 14.0. The quantitative estimate of drug-likeness (QED) is 0.428. The monoisotopic (exact) mass is 572 g/mol. The maximum atomic E-state index is 13.1. The zero-order chi connectivity index (χ0) is 29.5. The molecular weight excluding hydrogens is 528 g/mol. The predicted molar refractivity (Wildman–Crippen MR) is 164 cm³/mol. The van der Waals surface area contributed by atoms with Crippen LogP contribution >= 0.6 is 0 Å². The Morgan fingerprint density at radius 1 is 0.786 bits per heavy atom. The van der Waals surface area contributed by atoms with E-state index in [9.17, 15) is 19.2 Å². The van der Waals surface area contributed by atoms with Crippen molar-refractivity contribution in [1.82, 2.24) is 9.80 Å². The number of piperidine rings is 1. The predicted octanol–water partition coefficient (Wildman–Crippen LogP) is 5.64. The maximum absolute atomic E-state index is 13.1. The summed E-state index contributed by atoms with van der Waals surface area (Å²) in [7, 11) is 1.87. The summed E-state index contributed by atoms with van der Waals surface area (Å²) in [6.45, 7) is 1.21. The number of carbonyl (C=O) groups is 4. The molecule has 1 saturated heterocycles. The lowest BCUT2D eigenvalue weighted by Gasteiger charge is -2.35. The molecule has 2 N–H and O–H groups in total. The molecule has 3 aliphatic rings.